The number of aromatic nitrogens is 1. The lowest BCUT2D eigenvalue weighted by atomic mass is 10.1. The maximum atomic E-state index is 11.9. The maximum Gasteiger partial charge on any atom is 0.255 e. The molecule has 1 aromatic carbocycles. The van der Waals surface area contributed by atoms with E-state index in [0.29, 0.717) is 28.4 Å². The number of hydrogen-bond acceptors (Lipinski definition) is 3. The van der Waals surface area contributed by atoms with Crippen molar-refractivity contribution >= 4 is 28.4 Å². The second-order valence-corrected chi connectivity index (χ2v) is 4.13. The highest BCUT2D eigenvalue weighted by molar-refractivity contribution is 6.35. The molecule has 0 spiro atoms. The summed E-state index contributed by atoms with van der Waals surface area (Å²) < 4.78 is 5.22. The first-order valence-corrected chi connectivity index (χ1v) is 5.95. The highest BCUT2D eigenvalue weighted by Gasteiger charge is 2.14. The Bertz CT molecular complexity index is 599. The first-order chi connectivity index (χ1) is 8.67. The Labute approximate surface area is 110 Å². The van der Waals surface area contributed by atoms with Crippen molar-refractivity contribution in [1.82, 2.24) is 10.3 Å². The summed E-state index contributed by atoms with van der Waals surface area (Å²) >= 11 is 6.09. The van der Waals surface area contributed by atoms with E-state index in [4.69, 9.17) is 16.3 Å². The number of methoxy groups -OCH3 is 1. The molecular formula is C13H13ClN2O2. The van der Waals surface area contributed by atoms with Crippen molar-refractivity contribution < 1.29 is 9.53 Å². The smallest absolute Gasteiger partial charge is 0.255 e. The molecular weight excluding hydrogens is 252 g/mol. The molecule has 0 unspecified atom stereocenters. The second kappa shape index (κ2) is 5.23. The van der Waals surface area contributed by atoms with Crippen LogP contribution in [0.25, 0.3) is 10.9 Å². The molecule has 5 heteroatoms. The number of nitrogens with one attached hydrogen (secondary N) is 1. The number of ether oxygens (including phenoxy) is 1. The Morgan fingerprint density at radius 2 is 2.28 bits per heavy atom. The molecule has 4 nitrogen and oxygen atoms in total. The topological polar surface area (TPSA) is 51.2 Å². The third kappa shape index (κ3) is 2.24. The number of halogens is 1. The van der Waals surface area contributed by atoms with Crippen LogP contribution in [0.15, 0.2) is 24.4 Å². The molecule has 94 valence electrons. The van der Waals surface area contributed by atoms with Gasteiger partial charge in [0, 0.05) is 24.2 Å². The van der Waals surface area contributed by atoms with Crippen molar-refractivity contribution in [3.05, 3.63) is 35.0 Å². The highest BCUT2D eigenvalue weighted by atomic mass is 35.5. The summed E-state index contributed by atoms with van der Waals surface area (Å²) in [6.07, 6.45) is 1.62. The lowest BCUT2D eigenvalue weighted by Gasteiger charge is -2.10. The van der Waals surface area contributed by atoms with Gasteiger partial charge >= 0.3 is 0 Å². The van der Waals surface area contributed by atoms with E-state index in [9.17, 15) is 4.79 Å². The number of amides is 1. The largest absolute Gasteiger partial charge is 0.496 e. The predicted molar refractivity (Wildman–Crippen MR) is 71.3 cm³/mol. The van der Waals surface area contributed by atoms with Gasteiger partial charge in [-0.05, 0) is 19.1 Å². The van der Waals surface area contributed by atoms with Crippen LogP contribution in [0, 0.1) is 0 Å². The molecule has 1 N–H and O–H groups in total. The van der Waals surface area contributed by atoms with Crippen molar-refractivity contribution in [3.63, 3.8) is 0 Å². The van der Waals surface area contributed by atoms with Gasteiger partial charge in [-0.25, -0.2) is 0 Å². The van der Waals surface area contributed by atoms with Gasteiger partial charge in [0.15, 0.2) is 0 Å². The molecule has 0 fully saturated rings. The SMILES string of the molecule is CCNC(=O)c1cc2c(Cl)ccnc2cc1OC. The third-order valence-corrected chi connectivity index (χ3v) is 2.92. The predicted octanol–water partition coefficient (Wildman–Crippen LogP) is 2.65. The van der Waals surface area contributed by atoms with Crippen LogP contribution in [0.1, 0.15) is 17.3 Å². The summed E-state index contributed by atoms with van der Waals surface area (Å²) in [5.41, 5.74) is 1.16. The second-order valence-electron chi connectivity index (χ2n) is 3.72. The summed E-state index contributed by atoms with van der Waals surface area (Å²) in [5.74, 6) is 0.305. The van der Waals surface area contributed by atoms with Crippen LogP contribution < -0.4 is 10.1 Å². The van der Waals surface area contributed by atoms with Gasteiger partial charge in [-0.3, -0.25) is 9.78 Å². The number of hydrogen-bond donors (Lipinski definition) is 1. The van der Waals surface area contributed by atoms with Crippen molar-refractivity contribution in [2.75, 3.05) is 13.7 Å². The van der Waals surface area contributed by atoms with Gasteiger partial charge < -0.3 is 10.1 Å². The fourth-order valence-corrected chi connectivity index (χ4v) is 1.95. The summed E-state index contributed by atoms with van der Waals surface area (Å²) in [4.78, 5) is 16.1. The molecule has 1 aromatic heterocycles. The lowest BCUT2D eigenvalue weighted by Crippen LogP contribution is -2.23. The normalized spacial score (nSPS) is 10.4. The number of benzene rings is 1. The van der Waals surface area contributed by atoms with Crippen molar-refractivity contribution in [2.24, 2.45) is 0 Å². The molecule has 0 saturated carbocycles. The first-order valence-electron chi connectivity index (χ1n) is 5.57. The number of nitrogens with zero attached hydrogens (tertiary/aromatic N) is 1. The van der Waals surface area contributed by atoms with E-state index in [1.165, 1.54) is 7.11 Å². The quantitative estimate of drug-likeness (QED) is 0.927. The van der Waals surface area contributed by atoms with Gasteiger partial charge in [0.25, 0.3) is 5.91 Å². The first kappa shape index (κ1) is 12.6. The van der Waals surface area contributed by atoms with E-state index in [-0.39, 0.29) is 5.91 Å². The standard InChI is InChI=1S/C13H13ClN2O2/c1-3-15-13(17)9-6-8-10(14)4-5-16-11(8)7-12(9)18-2/h4-7H,3H2,1-2H3,(H,15,17). The molecule has 1 amide bonds. The molecule has 18 heavy (non-hydrogen) atoms. The Morgan fingerprint density at radius 3 is 2.94 bits per heavy atom. The van der Waals surface area contributed by atoms with Crippen molar-refractivity contribution in [2.45, 2.75) is 6.92 Å². The van der Waals surface area contributed by atoms with Crippen LogP contribution >= 0.6 is 11.6 Å². The molecule has 0 radical (unpaired) electrons. The Morgan fingerprint density at radius 1 is 1.50 bits per heavy atom. The zero-order chi connectivity index (χ0) is 13.1. The van der Waals surface area contributed by atoms with Gasteiger partial charge in [0.05, 0.1) is 23.2 Å². The molecule has 2 rings (SSSR count). The summed E-state index contributed by atoms with van der Waals surface area (Å²) in [6, 6.07) is 5.11. The average molecular weight is 265 g/mol. The van der Waals surface area contributed by atoms with E-state index in [0.717, 1.165) is 5.39 Å². The zero-order valence-electron chi connectivity index (χ0n) is 10.2. The lowest BCUT2D eigenvalue weighted by molar-refractivity contribution is 0.0953. The Kier molecular flexibility index (Phi) is 3.67. The average Bonchev–Trinajstić information content (AvgIpc) is 2.38. The van der Waals surface area contributed by atoms with Gasteiger partial charge in [-0.15, -0.1) is 0 Å². The summed E-state index contributed by atoms with van der Waals surface area (Å²) in [7, 11) is 1.52. The van der Waals surface area contributed by atoms with Crippen LogP contribution in [0.4, 0.5) is 0 Å². The van der Waals surface area contributed by atoms with Crippen LogP contribution in [0.5, 0.6) is 5.75 Å². The van der Waals surface area contributed by atoms with Gasteiger partial charge in [0.2, 0.25) is 0 Å². The minimum atomic E-state index is -0.184. The van der Waals surface area contributed by atoms with E-state index in [2.05, 4.69) is 10.3 Å². The molecule has 0 bridgehead atoms. The fraction of sp³-hybridized carbons (Fsp3) is 0.231. The highest BCUT2D eigenvalue weighted by Crippen LogP contribution is 2.28. The fourth-order valence-electron chi connectivity index (χ4n) is 1.74. The molecule has 2 aromatic rings. The third-order valence-electron chi connectivity index (χ3n) is 2.59. The van der Waals surface area contributed by atoms with Gasteiger partial charge in [-0.2, -0.15) is 0 Å². The van der Waals surface area contributed by atoms with Crippen molar-refractivity contribution in [1.29, 1.82) is 0 Å². The van der Waals surface area contributed by atoms with Gasteiger partial charge in [0.1, 0.15) is 5.75 Å². The van der Waals surface area contributed by atoms with Crippen LogP contribution in [0.2, 0.25) is 5.02 Å². The minimum Gasteiger partial charge on any atom is -0.496 e. The van der Waals surface area contributed by atoms with E-state index in [1.807, 2.05) is 6.92 Å². The maximum absolute atomic E-state index is 11.9. The Hall–Kier alpha value is -1.81. The van der Waals surface area contributed by atoms with Gasteiger partial charge in [-0.1, -0.05) is 11.6 Å². The van der Waals surface area contributed by atoms with E-state index >= 15 is 0 Å². The number of pyridine rings is 1. The molecule has 0 saturated heterocycles. The van der Waals surface area contributed by atoms with Crippen LogP contribution in [-0.2, 0) is 0 Å². The number of rotatable bonds is 3. The molecule has 0 atom stereocenters. The molecule has 1 heterocycles. The van der Waals surface area contributed by atoms with E-state index < -0.39 is 0 Å². The molecule has 0 aliphatic rings. The molecule has 0 aliphatic heterocycles. The minimum absolute atomic E-state index is 0.184. The monoisotopic (exact) mass is 264 g/mol. The summed E-state index contributed by atoms with van der Waals surface area (Å²) in [5, 5.41) is 4.04. The van der Waals surface area contributed by atoms with Crippen LogP contribution in [-0.4, -0.2) is 24.5 Å². The van der Waals surface area contributed by atoms with E-state index in [1.54, 1.807) is 24.4 Å². The summed E-state index contributed by atoms with van der Waals surface area (Å²) in [6.45, 7) is 2.42. The Balaban J connectivity index is 2.64. The number of carbonyl (C=O) groups excluding carboxylic acids is 1. The number of fused-ring (bicyclic) bond motifs is 1. The zero-order valence-corrected chi connectivity index (χ0v) is 10.9. The van der Waals surface area contributed by atoms with Crippen molar-refractivity contribution in [3.8, 4) is 5.75 Å². The number of carbonyl (C=O) groups is 1. The van der Waals surface area contributed by atoms with Crippen LogP contribution in [0.3, 0.4) is 0 Å². The molecule has 0 aliphatic carbocycles.